The first kappa shape index (κ1) is 14.8. The standard InChI is InChI=1S/C15H27NO3/c1-4-19-13(17)12-15(7-5-6-14(15,2)3)16-8-10-18-11-9-16/h4-12H2,1-3H3. The van der Waals surface area contributed by atoms with E-state index >= 15 is 0 Å². The van der Waals surface area contributed by atoms with Gasteiger partial charge >= 0.3 is 5.97 Å². The quantitative estimate of drug-likeness (QED) is 0.734. The minimum atomic E-state index is -0.0519. The van der Waals surface area contributed by atoms with Crippen LogP contribution in [0.5, 0.6) is 0 Å². The van der Waals surface area contributed by atoms with Crippen molar-refractivity contribution in [1.29, 1.82) is 0 Å². The molecule has 1 heterocycles. The van der Waals surface area contributed by atoms with Gasteiger partial charge in [-0.2, -0.15) is 0 Å². The molecule has 0 N–H and O–H groups in total. The molecule has 0 radical (unpaired) electrons. The van der Waals surface area contributed by atoms with Crippen molar-refractivity contribution in [2.24, 2.45) is 5.41 Å². The Bertz CT molecular complexity index is 323. The van der Waals surface area contributed by atoms with Gasteiger partial charge in [0.05, 0.1) is 26.2 Å². The largest absolute Gasteiger partial charge is 0.466 e. The summed E-state index contributed by atoms with van der Waals surface area (Å²) in [4.78, 5) is 14.5. The van der Waals surface area contributed by atoms with E-state index < -0.39 is 0 Å². The Morgan fingerprint density at radius 2 is 1.95 bits per heavy atom. The molecular weight excluding hydrogens is 242 g/mol. The summed E-state index contributed by atoms with van der Waals surface area (Å²) < 4.78 is 10.7. The summed E-state index contributed by atoms with van der Waals surface area (Å²) in [5.74, 6) is -0.0519. The maximum absolute atomic E-state index is 12.1. The van der Waals surface area contributed by atoms with Gasteiger partial charge in [0.2, 0.25) is 0 Å². The second kappa shape index (κ2) is 5.80. The lowest BCUT2D eigenvalue weighted by Gasteiger charge is -2.50. The topological polar surface area (TPSA) is 38.8 Å². The number of hydrogen-bond acceptors (Lipinski definition) is 4. The monoisotopic (exact) mass is 269 g/mol. The summed E-state index contributed by atoms with van der Waals surface area (Å²) in [5.41, 5.74) is 0.125. The van der Waals surface area contributed by atoms with Crippen LogP contribution in [0.1, 0.15) is 46.5 Å². The molecule has 0 aromatic heterocycles. The molecule has 2 rings (SSSR count). The highest BCUT2D eigenvalue weighted by molar-refractivity contribution is 5.71. The number of hydrogen-bond donors (Lipinski definition) is 0. The minimum Gasteiger partial charge on any atom is -0.466 e. The molecule has 4 heteroatoms. The van der Waals surface area contributed by atoms with Crippen molar-refractivity contribution < 1.29 is 14.3 Å². The van der Waals surface area contributed by atoms with Crippen molar-refractivity contribution in [3.8, 4) is 0 Å². The van der Waals surface area contributed by atoms with Gasteiger partial charge in [-0.05, 0) is 25.2 Å². The van der Waals surface area contributed by atoms with Crippen molar-refractivity contribution in [3.05, 3.63) is 0 Å². The Morgan fingerprint density at radius 1 is 1.26 bits per heavy atom. The SMILES string of the molecule is CCOC(=O)CC1(N2CCOCC2)CCCC1(C)C. The molecule has 1 unspecified atom stereocenters. The third-order valence-corrected chi connectivity index (χ3v) is 5.01. The molecular formula is C15H27NO3. The molecule has 1 saturated carbocycles. The zero-order valence-electron chi connectivity index (χ0n) is 12.5. The van der Waals surface area contributed by atoms with E-state index in [9.17, 15) is 4.79 Å². The van der Waals surface area contributed by atoms with E-state index in [4.69, 9.17) is 9.47 Å². The van der Waals surface area contributed by atoms with Crippen LogP contribution in [-0.2, 0) is 14.3 Å². The van der Waals surface area contributed by atoms with Gasteiger partial charge in [0.15, 0.2) is 0 Å². The molecule has 1 aliphatic heterocycles. The summed E-state index contributed by atoms with van der Waals surface area (Å²) in [6.45, 7) is 10.4. The fourth-order valence-electron chi connectivity index (χ4n) is 3.86. The Kier molecular flexibility index (Phi) is 4.51. The van der Waals surface area contributed by atoms with E-state index in [1.54, 1.807) is 0 Å². The van der Waals surface area contributed by atoms with Crippen LogP contribution in [0.4, 0.5) is 0 Å². The normalized spacial score (nSPS) is 31.3. The molecule has 4 nitrogen and oxygen atoms in total. The van der Waals surface area contributed by atoms with E-state index in [1.165, 1.54) is 12.8 Å². The molecule has 2 aliphatic rings. The second-order valence-electron chi connectivity index (χ2n) is 6.35. The Morgan fingerprint density at radius 3 is 2.47 bits per heavy atom. The lowest BCUT2D eigenvalue weighted by molar-refractivity contribution is -0.151. The molecule has 0 spiro atoms. The summed E-state index contributed by atoms with van der Waals surface area (Å²) >= 11 is 0. The van der Waals surface area contributed by atoms with Crippen LogP contribution < -0.4 is 0 Å². The zero-order chi connectivity index (χ0) is 13.9. The minimum absolute atomic E-state index is 0.0387. The lowest BCUT2D eigenvalue weighted by Crippen LogP contribution is -2.59. The van der Waals surface area contributed by atoms with Gasteiger partial charge < -0.3 is 9.47 Å². The first-order valence-electron chi connectivity index (χ1n) is 7.50. The maximum atomic E-state index is 12.1. The van der Waals surface area contributed by atoms with Gasteiger partial charge in [-0.3, -0.25) is 9.69 Å². The van der Waals surface area contributed by atoms with Crippen LogP contribution in [0, 0.1) is 5.41 Å². The van der Waals surface area contributed by atoms with E-state index in [-0.39, 0.29) is 16.9 Å². The van der Waals surface area contributed by atoms with Crippen molar-refractivity contribution in [1.82, 2.24) is 4.90 Å². The number of ether oxygens (including phenoxy) is 2. The number of nitrogens with zero attached hydrogens (tertiary/aromatic N) is 1. The van der Waals surface area contributed by atoms with E-state index in [0.29, 0.717) is 13.0 Å². The van der Waals surface area contributed by atoms with Gasteiger partial charge in [0.1, 0.15) is 0 Å². The number of esters is 1. The van der Waals surface area contributed by atoms with E-state index in [1.807, 2.05) is 6.92 Å². The van der Waals surface area contributed by atoms with Crippen LogP contribution in [0.2, 0.25) is 0 Å². The summed E-state index contributed by atoms with van der Waals surface area (Å²) in [7, 11) is 0. The fourth-order valence-corrected chi connectivity index (χ4v) is 3.86. The summed E-state index contributed by atoms with van der Waals surface area (Å²) in [6.07, 6.45) is 4.00. The van der Waals surface area contributed by atoms with Crippen LogP contribution >= 0.6 is 0 Å². The van der Waals surface area contributed by atoms with Crippen molar-refractivity contribution >= 4 is 5.97 Å². The van der Waals surface area contributed by atoms with E-state index in [0.717, 1.165) is 32.7 Å². The van der Waals surface area contributed by atoms with Crippen molar-refractivity contribution in [3.63, 3.8) is 0 Å². The van der Waals surface area contributed by atoms with Gasteiger partial charge in [0.25, 0.3) is 0 Å². The van der Waals surface area contributed by atoms with Crippen molar-refractivity contribution in [2.45, 2.75) is 52.0 Å². The predicted molar refractivity (Wildman–Crippen MR) is 74.0 cm³/mol. The van der Waals surface area contributed by atoms with Gasteiger partial charge in [-0.25, -0.2) is 0 Å². The molecule has 0 amide bonds. The van der Waals surface area contributed by atoms with Crippen LogP contribution in [0.25, 0.3) is 0 Å². The highest BCUT2D eigenvalue weighted by Crippen LogP contribution is 2.51. The molecule has 19 heavy (non-hydrogen) atoms. The molecule has 0 aromatic carbocycles. The second-order valence-corrected chi connectivity index (χ2v) is 6.35. The van der Waals surface area contributed by atoms with Crippen LogP contribution in [0.15, 0.2) is 0 Å². The molecule has 1 atom stereocenters. The molecule has 1 saturated heterocycles. The molecule has 0 bridgehead atoms. The Hall–Kier alpha value is -0.610. The summed E-state index contributed by atoms with van der Waals surface area (Å²) in [6, 6.07) is 0. The predicted octanol–water partition coefficient (Wildman–Crippen LogP) is 2.22. The van der Waals surface area contributed by atoms with Gasteiger partial charge in [0, 0.05) is 18.6 Å². The summed E-state index contributed by atoms with van der Waals surface area (Å²) in [5, 5.41) is 0. The molecule has 110 valence electrons. The number of carbonyl (C=O) groups is 1. The van der Waals surface area contributed by atoms with E-state index in [2.05, 4.69) is 18.7 Å². The third kappa shape index (κ3) is 2.79. The van der Waals surface area contributed by atoms with Crippen LogP contribution in [-0.4, -0.2) is 49.3 Å². The average molecular weight is 269 g/mol. The van der Waals surface area contributed by atoms with Gasteiger partial charge in [-0.1, -0.05) is 20.3 Å². The molecule has 2 fully saturated rings. The lowest BCUT2D eigenvalue weighted by atomic mass is 9.71. The number of rotatable bonds is 4. The Balaban J connectivity index is 2.19. The first-order valence-corrected chi connectivity index (χ1v) is 7.50. The fraction of sp³-hybridized carbons (Fsp3) is 0.933. The zero-order valence-corrected chi connectivity index (χ0v) is 12.5. The van der Waals surface area contributed by atoms with Gasteiger partial charge in [-0.15, -0.1) is 0 Å². The first-order chi connectivity index (χ1) is 9.02. The maximum Gasteiger partial charge on any atom is 0.307 e. The smallest absolute Gasteiger partial charge is 0.307 e. The number of carbonyl (C=O) groups excluding carboxylic acids is 1. The highest BCUT2D eigenvalue weighted by Gasteiger charge is 2.53. The average Bonchev–Trinajstić information content (AvgIpc) is 2.67. The Labute approximate surface area is 116 Å². The van der Waals surface area contributed by atoms with Crippen LogP contribution in [0.3, 0.4) is 0 Å². The highest BCUT2D eigenvalue weighted by atomic mass is 16.5. The molecule has 1 aliphatic carbocycles. The number of morpholine rings is 1. The third-order valence-electron chi connectivity index (χ3n) is 5.01. The van der Waals surface area contributed by atoms with Crippen molar-refractivity contribution in [2.75, 3.05) is 32.9 Å². The molecule has 0 aromatic rings.